The molecular formula is C19H22ClNO3S. The number of carboxylic acid groups (broad SMARTS) is 1. The molecule has 1 fully saturated rings. The van der Waals surface area contributed by atoms with Crippen LogP contribution >= 0.6 is 22.9 Å². The third-order valence-electron chi connectivity index (χ3n) is 5.47. The van der Waals surface area contributed by atoms with E-state index in [0.29, 0.717) is 33.7 Å². The lowest BCUT2D eigenvalue weighted by atomic mass is 9.95. The van der Waals surface area contributed by atoms with Gasteiger partial charge in [-0.05, 0) is 59.4 Å². The van der Waals surface area contributed by atoms with Crippen molar-refractivity contribution in [2.45, 2.75) is 39.7 Å². The SMILES string of the molecule is Cc1sc(C(=O)O)c2c1[C@H]1[C@@H](C2)C1(C)C.NCc1ccc(O)cc1Cl. The first-order chi connectivity index (χ1) is 11.7. The van der Waals surface area contributed by atoms with E-state index >= 15 is 0 Å². The lowest BCUT2D eigenvalue weighted by molar-refractivity contribution is 0.0701. The van der Waals surface area contributed by atoms with Gasteiger partial charge in [-0.15, -0.1) is 11.3 Å². The summed E-state index contributed by atoms with van der Waals surface area (Å²) in [4.78, 5) is 12.9. The first kappa shape index (κ1) is 18.2. The number of aromatic carboxylic acids is 1. The summed E-state index contributed by atoms with van der Waals surface area (Å²) in [7, 11) is 0. The summed E-state index contributed by atoms with van der Waals surface area (Å²) in [5, 5.41) is 18.5. The number of halogens is 1. The third-order valence-corrected chi connectivity index (χ3v) is 6.97. The Labute approximate surface area is 156 Å². The van der Waals surface area contributed by atoms with Crippen LogP contribution in [0.4, 0.5) is 0 Å². The summed E-state index contributed by atoms with van der Waals surface area (Å²) in [6.07, 6.45) is 0.985. The average molecular weight is 380 g/mol. The van der Waals surface area contributed by atoms with E-state index in [4.69, 9.17) is 27.5 Å². The zero-order chi connectivity index (χ0) is 18.5. The Bertz CT molecular complexity index is 843. The second-order valence-corrected chi connectivity index (χ2v) is 8.91. The van der Waals surface area contributed by atoms with Crippen molar-refractivity contribution in [3.63, 3.8) is 0 Å². The average Bonchev–Trinajstić information content (AvgIpc) is 2.88. The molecule has 0 amide bonds. The molecule has 2 atom stereocenters. The molecule has 1 aromatic heterocycles. The number of rotatable bonds is 2. The molecular weight excluding hydrogens is 358 g/mol. The molecule has 2 aliphatic rings. The number of hydrogen-bond donors (Lipinski definition) is 3. The van der Waals surface area contributed by atoms with Crippen LogP contribution in [0, 0.1) is 18.3 Å². The van der Waals surface area contributed by atoms with E-state index in [9.17, 15) is 4.79 Å². The van der Waals surface area contributed by atoms with Gasteiger partial charge < -0.3 is 15.9 Å². The number of thiophene rings is 1. The van der Waals surface area contributed by atoms with Crippen molar-refractivity contribution in [1.82, 2.24) is 0 Å². The zero-order valence-electron chi connectivity index (χ0n) is 14.5. The smallest absolute Gasteiger partial charge is 0.346 e. The molecule has 0 bridgehead atoms. The van der Waals surface area contributed by atoms with Crippen molar-refractivity contribution in [3.05, 3.63) is 49.7 Å². The first-order valence-corrected chi connectivity index (χ1v) is 9.40. The summed E-state index contributed by atoms with van der Waals surface area (Å²) in [6, 6.07) is 4.75. The van der Waals surface area contributed by atoms with Crippen LogP contribution in [-0.2, 0) is 13.0 Å². The first-order valence-electron chi connectivity index (χ1n) is 8.21. The second-order valence-electron chi connectivity index (χ2n) is 7.27. The molecule has 0 unspecified atom stereocenters. The molecule has 2 aliphatic carbocycles. The summed E-state index contributed by atoms with van der Waals surface area (Å²) < 4.78 is 0. The molecule has 0 aliphatic heterocycles. The predicted octanol–water partition coefficient (Wildman–Crippen LogP) is 4.55. The van der Waals surface area contributed by atoms with Crippen molar-refractivity contribution < 1.29 is 15.0 Å². The lowest BCUT2D eigenvalue weighted by Gasteiger charge is -2.08. The fourth-order valence-corrected chi connectivity index (χ4v) is 5.33. The monoisotopic (exact) mass is 379 g/mol. The van der Waals surface area contributed by atoms with Crippen LogP contribution in [0.5, 0.6) is 5.75 Å². The Morgan fingerprint density at radius 3 is 2.68 bits per heavy atom. The lowest BCUT2D eigenvalue weighted by Crippen LogP contribution is -2.03. The second kappa shape index (κ2) is 6.31. The summed E-state index contributed by atoms with van der Waals surface area (Å²) in [6.45, 7) is 7.05. The quantitative estimate of drug-likeness (QED) is 0.714. The number of fused-ring (bicyclic) bond motifs is 3. The van der Waals surface area contributed by atoms with Crippen LogP contribution in [0.3, 0.4) is 0 Å². The van der Waals surface area contributed by atoms with Gasteiger partial charge in [-0.25, -0.2) is 4.79 Å². The standard InChI is InChI=1S/C12H14O2S.C7H8ClNO/c1-5-8-6(10(15-5)11(13)14)4-7-9(8)12(7,2)3;8-7-3-6(10)2-1-5(7)4-9/h7,9H,4H2,1-3H3,(H,13,14);1-3,10H,4,9H2/t7-,9-;/m1./s1. The Morgan fingerprint density at radius 1 is 1.44 bits per heavy atom. The number of nitrogens with two attached hydrogens (primary N) is 1. The Morgan fingerprint density at radius 2 is 2.12 bits per heavy atom. The largest absolute Gasteiger partial charge is 0.508 e. The van der Waals surface area contributed by atoms with E-state index in [0.717, 1.165) is 17.5 Å². The third kappa shape index (κ3) is 3.05. The maximum absolute atomic E-state index is 11.1. The van der Waals surface area contributed by atoms with Crippen LogP contribution in [0.25, 0.3) is 0 Å². The van der Waals surface area contributed by atoms with E-state index < -0.39 is 5.97 Å². The maximum atomic E-state index is 11.1. The number of phenols is 1. The van der Waals surface area contributed by atoms with Gasteiger partial charge >= 0.3 is 5.97 Å². The number of carbonyl (C=O) groups is 1. The van der Waals surface area contributed by atoms with E-state index in [1.165, 1.54) is 27.8 Å². The molecule has 0 spiro atoms. The van der Waals surface area contributed by atoms with Crippen molar-refractivity contribution >= 4 is 28.9 Å². The van der Waals surface area contributed by atoms with Crippen molar-refractivity contribution in [3.8, 4) is 5.75 Å². The summed E-state index contributed by atoms with van der Waals surface area (Å²) >= 11 is 7.15. The molecule has 25 heavy (non-hydrogen) atoms. The molecule has 0 radical (unpaired) electrons. The maximum Gasteiger partial charge on any atom is 0.346 e. The highest BCUT2D eigenvalue weighted by Gasteiger charge is 2.63. The number of aryl methyl sites for hydroxylation is 1. The molecule has 134 valence electrons. The van der Waals surface area contributed by atoms with E-state index in [-0.39, 0.29) is 5.75 Å². The van der Waals surface area contributed by atoms with Gasteiger partial charge in [0.2, 0.25) is 0 Å². The van der Waals surface area contributed by atoms with Gasteiger partial charge in [0.1, 0.15) is 10.6 Å². The molecule has 0 saturated heterocycles. The fraction of sp³-hybridized carbons (Fsp3) is 0.421. The van der Waals surface area contributed by atoms with Crippen molar-refractivity contribution in [1.29, 1.82) is 0 Å². The van der Waals surface area contributed by atoms with Gasteiger partial charge in [0.05, 0.1) is 0 Å². The minimum absolute atomic E-state index is 0.169. The normalized spacial score (nSPS) is 21.8. The molecule has 2 aromatic rings. The molecule has 4 nitrogen and oxygen atoms in total. The van der Waals surface area contributed by atoms with Gasteiger partial charge in [-0.1, -0.05) is 31.5 Å². The molecule has 1 aromatic carbocycles. The molecule has 6 heteroatoms. The van der Waals surface area contributed by atoms with Gasteiger partial charge in [-0.2, -0.15) is 0 Å². The number of phenolic OH excluding ortho intramolecular Hbond substituents is 1. The summed E-state index contributed by atoms with van der Waals surface area (Å²) in [5.41, 5.74) is 9.10. The van der Waals surface area contributed by atoms with Crippen LogP contribution in [0.2, 0.25) is 5.02 Å². The van der Waals surface area contributed by atoms with Crippen LogP contribution in [0.15, 0.2) is 18.2 Å². The topological polar surface area (TPSA) is 83.5 Å². The van der Waals surface area contributed by atoms with E-state index in [2.05, 4.69) is 20.8 Å². The van der Waals surface area contributed by atoms with Gasteiger partial charge in [0, 0.05) is 16.4 Å². The zero-order valence-corrected chi connectivity index (χ0v) is 16.0. The Hall–Kier alpha value is -1.56. The van der Waals surface area contributed by atoms with Crippen molar-refractivity contribution in [2.24, 2.45) is 17.1 Å². The number of carboxylic acids is 1. The molecule has 1 saturated carbocycles. The van der Waals surface area contributed by atoms with E-state index in [1.807, 2.05) is 0 Å². The predicted molar refractivity (Wildman–Crippen MR) is 101 cm³/mol. The van der Waals surface area contributed by atoms with E-state index in [1.54, 1.807) is 12.1 Å². The minimum atomic E-state index is -0.747. The highest BCUT2D eigenvalue weighted by molar-refractivity contribution is 7.14. The number of aromatic hydroxyl groups is 1. The minimum Gasteiger partial charge on any atom is -0.508 e. The fourth-order valence-electron chi connectivity index (χ4n) is 4.01. The molecule has 1 heterocycles. The van der Waals surface area contributed by atoms with Crippen molar-refractivity contribution in [2.75, 3.05) is 0 Å². The van der Waals surface area contributed by atoms with Gasteiger partial charge in [0.25, 0.3) is 0 Å². The summed E-state index contributed by atoms with van der Waals surface area (Å²) in [5.74, 6) is 0.759. The van der Waals surface area contributed by atoms with Gasteiger partial charge in [-0.3, -0.25) is 0 Å². The van der Waals surface area contributed by atoms with Crippen LogP contribution in [0.1, 0.15) is 51.0 Å². The molecule has 4 rings (SSSR count). The van der Waals surface area contributed by atoms with Crippen LogP contribution < -0.4 is 5.73 Å². The highest BCUT2D eigenvalue weighted by Crippen LogP contribution is 2.71. The van der Waals surface area contributed by atoms with Gasteiger partial charge in [0.15, 0.2) is 0 Å². The Balaban J connectivity index is 0.000000160. The highest BCUT2D eigenvalue weighted by atomic mass is 35.5. The molecule has 4 N–H and O–H groups in total. The van der Waals surface area contributed by atoms with Crippen LogP contribution in [-0.4, -0.2) is 16.2 Å². The number of benzene rings is 1. The Kier molecular flexibility index (Phi) is 4.60. The number of hydrogen-bond acceptors (Lipinski definition) is 4.